The third-order valence-corrected chi connectivity index (χ3v) is 5.48. The summed E-state index contributed by atoms with van der Waals surface area (Å²) in [6.07, 6.45) is 5.24. The van der Waals surface area contributed by atoms with Crippen LogP contribution in [0.2, 0.25) is 0 Å². The van der Waals surface area contributed by atoms with Crippen LogP contribution in [0.15, 0.2) is 35.4 Å². The Morgan fingerprint density at radius 1 is 1.26 bits per heavy atom. The number of alkyl halides is 2. The van der Waals surface area contributed by atoms with Crippen molar-refractivity contribution in [2.75, 3.05) is 19.6 Å². The van der Waals surface area contributed by atoms with Crippen LogP contribution in [-0.2, 0) is 4.79 Å². The van der Waals surface area contributed by atoms with E-state index in [-0.39, 0.29) is 17.7 Å². The van der Waals surface area contributed by atoms with Gasteiger partial charge in [-0.3, -0.25) is 9.69 Å². The van der Waals surface area contributed by atoms with Gasteiger partial charge in [-0.1, -0.05) is 36.8 Å². The molecule has 1 heterocycles. The molecule has 2 aliphatic rings. The van der Waals surface area contributed by atoms with Crippen LogP contribution in [0.5, 0.6) is 0 Å². The van der Waals surface area contributed by atoms with Gasteiger partial charge < -0.3 is 0 Å². The van der Waals surface area contributed by atoms with Gasteiger partial charge in [0.1, 0.15) is 4.33 Å². The Kier molecular flexibility index (Phi) is 5.24. The van der Waals surface area contributed by atoms with E-state index >= 15 is 0 Å². The maximum atomic E-state index is 11.9. The Morgan fingerprint density at radius 2 is 1.96 bits per heavy atom. The van der Waals surface area contributed by atoms with Crippen LogP contribution in [0.25, 0.3) is 0 Å². The van der Waals surface area contributed by atoms with E-state index in [9.17, 15) is 4.79 Å². The summed E-state index contributed by atoms with van der Waals surface area (Å²) < 4.78 is -0.845. The molecule has 2 unspecified atom stereocenters. The molecule has 1 aromatic carbocycles. The number of likely N-dealkylation sites (tertiary alicyclic amines) is 1. The van der Waals surface area contributed by atoms with E-state index in [2.05, 4.69) is 15.4 Å². The first-order valence-electron chi connectivity index (χ1n) is 8.06. The average Bonchev–Trinajstić information content (AvgIpc) is 3.10. The lowest BCUT2D eigenvalue weighted by atomic mass is 10.1. The molecule has 0 spiro atoms. The minimum absolute atomic E-state index is 0.0229. The van der Waals surface area contributed by atoms with Crippen LogP contribution in [0.4, 0.5) is 0 Å². The maximum Gasteiger partial charge on any atom is 0.254 e. The zero-order valence-corrected chi connectivity index (χ0v) is 14.4. The summed E-state index contributed by atoms with van der Waals surface area (Å²) in [5.41, 5.74) is 3.67. The van der Waals surface area contributed by atoms with E-state index in [0.29, 0.717) is 6.54 Å². The van der Waals surface area contributed by atoms with Crippen molar-refractivity contribution in [3.05, 3.63) is 35.9 Å². The number of benzene rings is 1. The van der Waals surface area contributed by atoms with Crippen LogP contribution in [0.3, 0.4) is 0 Å². The van der Waals surface area contributed by atoms with Crippen molar-refractivity contribution in [2.24, 2.45) is 11.0 Å². The molecule has 1 saturated heterocycles. The molecule has 0 aromatic heterocycles. The van der Waals surface area contributed by atoms with Crippen LogP contribution in [-0.4, -0.2) is 41.0 Å². The highest BCUT2D eigenvalue weighted by Crippen LogP contribution is 2.63. The van der Waals surface area contributed by atoms with Gasteiger partial charge in [0.2, 0.25) is 0 Å². The number of piperidine rings is 1. The summed E-state index contributed by atoms with van der Waals surface area (Å²) in [5, 5.41) is 4.05. The van der Waals surface area contributed by atoms with Gasteiger partial charge in [-0.05, 0) is 31.5 Å². The van der Waals surface area contributed by atoms with Crippen molar-refractivity contribution >= 4 is 35.3 Å². The fraction of sp³-hybridized carbons (Fsp3) is 0.529. The Hall–Kier alpha value is -1.10. The molecule has 124 valence electrons. The topological polar surface area (TPSA) is 44.7 Å². The van der Waals surface area contributed by atoms with Gasteiger partial charge in [0.25, 0.3) is 5.91 Å². The number of amides is 1. The van der Waals surface area contributed by atoms with Gasteiger partial charge in [-0.15, -0.1) is 23.2 Å². The van der Waals surface area contributed by atoms with Crippen LogP contribution >= 0.6 is 23.2 Å². The third kappa shape index (κ3) is 4.06. The standard InChI is InChI=1S/C17H21Cl2N3O/c18-17(19)14(16(17)13-7-3-1-4-8-13)11-20-21-15(23)12-22-9-5-2-6-10-22/h1,3-4,7-8,11,14,16H,2,5-6,9-10,12H2,(H,21,23). The molecule has 1 aliphatic carbocycles. The van der Waals surface area contributed by atoms with Crippen molar-refractivity contribution in [3.63, 3.8) is 0 Å². The first-order chi connectivity index (χ1) is 11.1. The predicted octanol–water partition coefficient (Wildman–Crippen LogP) is 3.16. The fourth-order valence-electron chi connectivity index (χ4n) is 3.17. The molecule has 0 radical (unpaired) electrons. The van der Waals surface area contributed by atoms with E-state index < -0.39 is 4.33 Å². The largest absolute Gasteiger partial charge is 0.294 e. The summed E-state index contributed by atoms with van der Waals surface area (Å²) in [5.74, 6) is -0.145. The monoisotopic (exact) mass is 353 g/mol. The van der Waals surface area contributed by atoms with E-state index in [1.165, 1.54) is 19.3 Å². The van der Waals surface area contributed by atoms with Gasteiger partial charge >= 0.3 is 0 Å². The van der Waals surface area contributed by atoms with E-state index in [4.69, 9.17) is 23.2 Å². The number of nitrogens with zero attached hydrogens (tertiary/aromatic N) is 2. The zero-order valence-electron chi connectivity index (χ0n) is 12.9. The summed E-state index contributed by atoms with van der Waals surface area (Å²) in [6.45, 7) is 2.38. The zero-order chi connectivity index (χ0) is 16.3. The quantitative estimate of drug-likeness (QED) is 0.502. The normalized spacial score (nSPS) is 27.0. The molecule has 3 rings (SSSR count). The van der Waals surface area contributed by atoms with E-state index in [1.807, 2.05) is 30.3 Å². The Labute approximate surface area is 146 Å². The van der Waals surface area contributed by atoms with E-state index in [0.717, 1.165) is 18.7 Å². The molecular weight excluding hydrogens is 333 g/mol. The predicted molar refractivity (Wildman–Crippen MR) is 94.0 cm³/mol. The molecule has 1 amide bonds. The number of carbonyl (C=O) groups is 1. The number of carbonyl (C=O) groups excluding carboxylic acids is 1. The fourth-order valence-corrected chi connectivity index (χ4v) is 3.93. The molecule has 4 nitrogen and oxygen atoms in total. The molecule has 1 N–H and O–H groups in total. The molecule has 6 heteroatoms. The highest BCUT2D eigenvalue weighted by atomic mass is 35.5. The third-order valence-electron chi connectivity index (χ3n) is 4.51. The number of hydrogen-bond acceptors (Lipinski definition) is 3. The molecule has 0 bridgehead atoms. The van der Waals surface area contributed by atoms with Crippen molar-refractivity contribution in [1.82, 2.24) is 10.3 Å². The lowest BCUT2D eigenvalue weighted by Gasteiger charge is -2.25. The summed E-state index contributed by atoms with van der Waals surface area (Å²) in [6, 6.07) is 9.90. The molecule has 23 heavy (non-hydrogen) atoms. The molecule has 1 aromatic rings. The molecule has 2 fully saturated rings. The molecule has 1 aliphatic heterocycles. The highest BCUT2D eigenvalue weighted by Gasteiger charge is 2.63. The minimum atomic E-state index is -0.845. The van der Waals surface area contributed by atoms with Gasteiger partial charge in [0.05, 0.1) is 6.54 Å². The van der Waals surface area contributed by atoms with Crippen molar-refractivity contribution < 1.29 is 4.79 Å². The number of nitrogens with one attached hydrogen (secondary N) is 1. The summed E-state index contributed by atoms with van der Waals surface area (Å²) >= 11 is 12.7. The van der Waals surface area contributed by atoms with Gasteiger partial charge in [-0.25, -0.2) is 5.43 Å². The second-order valence-electron chi connectivity index (χ2n) is 6.24. The van der Waals surface area contributed by atoms with Crippen molar-refractivity contribution in [3.8, 4) is 0 Å². The maximum absolute atomic E-state index is 11.9. The van der Waals surface area contributed by atoms with Crippen LogP contribution < -0.4 is 5.43 Å². The van der Waals surface area contributed by atoms with Crippen molar-refractivity contribution in [1.29, 1.82) is 0 Å². The number of hydrazone groups is 1. The Balaban J connectivity index is 1.49. The number of hydrogen-bond donors (Lipinski definition) is 1. The lowest BCUT2D eigenvalue weighted by Crippen LogP contribution is -2.38. The van der Waals surface area contributed by atoms with Gasteiger partial charge in [0.15, 0.2) is 0 Å². The second kappa shape index (κ2) is 7.20. The lowest BCUT2D eigenvalue weighted by molar-refractivity contribution is -0.122. The Morgan fingerprint density at radius 3 is 2.65 bits per heavy atom. The van der Waals surface area contributed by atoms with Gasteiger partial charge in [0, 0.05) is 18.1 Å². The molecule has 1 saturated carbocycles. The minimum Gasteiger partial charge on any atom is -0.294 e. The second-order valence-corrected chi connectivity index (χ2v) is 7.68. The van der Waals surface area contributed by atoms with E-state index in [1.54, 1.807) is 6.21 Å². The molecular formula is C17H21Cl2N3O. The number of halogens is 2. The first-order valence-corrected chi connectivity index (χ1v) is 8.82. The van der Waals surface area contributed by atoms with Crippen LogP contribution in [0, 0.1) is 5.92 Å². The molecule has 2 atom stereocenters. The Bertz CT molecular complexity index is 570. The van der Waals surface area contributed by atoms with Gasteiger partial charge in [-0.2, -0.15) is 5.10 Å². The average molecular weight is 354 g/mol. The van der Waals surface area contributed by atoms with Crippen molar-refractivity contribution in [2.45, 2.75) is 29.5 Å². The smallest absolute Gasteiger partial charge is 0.254 e. The number of rotatable bonds is 5. The van der Waals surface area contributed by atoms with Crippen LogP contribution in [0.1, 0.15) is 30.7 Å². The summed E-state index contributed by atoms with van der Waals surface area (Å²) in [7, 11) is 0. The highest BCUT2D eigenvalue weighted by molar-refractivity contribution is 6.53. The SMILES string of the molecule is O=C(CN1CCCCC1)NN=CC1C(c2ccccc2)C1(Cl)Cl. The summed E-state index contributed by atoms with van der Waals surface area (Å²) in [4.78, 5) is 14.1. The first kappa shape index (κ1) is 16.7.